The van der Waals surface area contributed by atoms with Crippen molar-refractivity contribution in [1.82, 2.24) is 5.06 Å². The summed E-state index contributed by atoms with van der Waals surface area (Å²) in [7, 11) is -1.32. The molecule has 0 unspecified atom stereocenters. The minimum absolute atomic E-state index is 0.123. The van der Waals surface area contributed by atoms with Gasteiger partial charge in [-0.05, 0) is 17.9 Å². The van der Waals surface area contributed by atoms with Gasteiger partial charge in [0.25, 0.3) is 11.8 Å². The SMILES string of the molecule is C[Si](C)(C)c1ccc([C@@H]2C[C@H]2C(=O)ON2C(=O)CCC2=O)cc1. The van der Waals surface area contributed by atoms with Gasteiger partial charge in [0.15, 0.2) is 0 Å². The molecule has 2 fully saturated rings. The van der Waals surface area contributed by atoms with E-state index in [4.69, 9.17) is 4.84 Å². The Kier molecular flexibility index (Phi) is 3.88. The number of amides is 2. The Labute approximate surface area is 136 Å². The fourth-order valence-corrected chi connectivity index (χ4v) is 4.04. The van der Waals surface area contributed by atoms with Crippen molar-refractivity contribution in [2.75, 3.05) is 0 Å². The summed E-state index contributed by atoms with van der Waals surface area (Å²) in [5, 5.41) is 2.01. The number of hydrogen-bond donors (Lipinski definition) is 0. The van der Waals surface area contributed by atoms with E-state index in [1.807, 2.05) is 0 Å². The van der Waals surface area contributed by atoms with E-state index in [2.05, 4.69) is 43.9 Å². The lowest BCUT2D eigenvalue weighted by Crippen LogP contribution is -2.37. The molecule has 122 valence electrons. The molecular weight excluding hydrogens is 310 g/mol. The van der Waals surface area contributed by atoms with E-state index in [1.54, 1.807) is 0 Å². The van der Waals surface area contributed by atoms with Gasteiger partial charge in [0.2, 0.25) is 0 Å². The Morgan fingerprint density at radius 3 is 2.17 bits per heavy atom. The quantitative estimate of drug-likeness (QED) is 0.625. The van der Waals surface area contributed by atoms with E-state index in [0.717, 1.165) is 5.56 Å². The van der Waals surface area contributed by atoms with Crippen molar-refractivity contribution >= 4 is 31.0 Å². The standard InChI is InChI=1S/C17H21NO4Si/c1-23(2,3)12-6-4-11(5-7-12)13-10-14(13)17(21)22-18-15(19)8-9-16(18)20/h4-7,13-14H,8-10H2,1-3H3/t13-,14+/m0/s1. The molecule has 0 bridgehead atoms. The summed E-state index contributed by atoms with van der Waals surface area (Å²) in [5.74, 6) is -1.46. The number of benzene rings is 1. The number of rotatable bonds is 4. The molecule has 0 spiro atoms. The van der Waals surface area contributed by atoms with Crippen molar-refractivity contribution in [3.05, 3.63) is 29.8 Å². The molecule has 2 amide bonds. The lowest BCUT2D eigenvalue weighted by atomic mass is 10.1. The maximum Gasteiger partial charge on any atom is 0.336 e. The molecule has 1 saturated heterocycles. The van der Waals surface area contributed by atoms with Crippen LogP contribution < -0.4 is 5.19 Å². The van der Waals surface area contributed by atoms with Crippen LogP contribution in [0.3, 0.4) is 0 Å². The summed E-state index contributed by atoms with van der Waals surface area (Å²) in [5.41, 5.74) is 1.12. The van der Waals surface area contributed by atoms with Gasteiger partial charge >= 0.3 is 5.97 Å². The van der Waals surface area contributed by atoms with Crippen molar-refractivity contribution in [2.45, 2.75) is 44.8 Å². The van der Waals surface area contributed by atoms with Crippen LogP contribution in [0.2, 0.25) is 19.6 Å². The molecule has 0 aromatic heterocycles. The highest BCUT2D eigenvalue weighted by atomic mass is 28.3. The van der Waals surface area contributed by atoms with Gasteiger partial charge in [-0.2, -0.15) is 0 Å². The molecule has 0 N–H and O–H groups in total. The molecule has 1 heterocycles. The van der Waals surface area contributed by atoms with Crippen molar-refractivity contribution in [3.8, 4) is 0 Å². The van der Waals surface area contributed by atoms with Crippen molar-refractivity contribution in [3.63, 3.8) is 0 Å². The van der Waals surface area contributed by atoms with Crippen molar-refractivity contribution in [2.24, 2.45) is 5.92 Å². The first kappa shape index (κ1) is 15.9. The molecule has 23 heavy (non-hydrogen) atoms. The molecule has 3 rings (SSSR count). The summed E-state index contributed by atoms with van der Waals surface area (Å²) in [6, 6.07) is 8.46. The first-order valence-corrected chi connectivity index (χ1v) is 11.5. The van der Waals surface area contributed by atoms with Crippen LogP contribution in [0.15, 0.2) is 24.3 Å². The summed E-state index contributed by atoms with van der Waals surface area (Å²) in [6.07, 6.45) is 0.956. The normalized spacial score (nSPS) is 24.0. The van der Waals surface area contributed by atoms with Crippen LogP contribution in [0.4, 0.5) is 0 Å². The van der Waals surface area contributed by atoms with Gasteiger partial charge < -0.3 is 4.84 Å². The smallest absolute Gasteiger partial charge is 0.330 e. The minimum atomic E-state index is -1.32. The Balaban J connectivity index is 1.62. The van der Waals surface area contributed by atoms with E-state index < -0.39 is 25.9 Å². The second-order valence-corrected chi connectivity index (χ2v) is 12.4. The van der Waals surface area contributed by atoms with E-state index in [1.165, 1.54) is 5.19 Å². The van der Waals surface area contributed by atoms with Gasteiger partial charge in [0.1, 0.15) is 0 Å². The monoisotopic (exact) mass is 331 g/mol. The van der Waals surface area contributed by atoms with E-state index in [9.17, 15) is 14.4 Å². The highest BCUT2D eigenvalue weighted by Gasteiger charge is 2.47. The zero-order valence-corrected chi connectivity index (χ0v) is 14.7. The minimum Gasteiger partial charge on any atom is -0.330 e. The number of hydrogen-bond acceptors (Lipinski definition) is 4. The molecular formula is C17H21NO4Si. The lowest BCUT2D eigenvalue weighted by molar-refractivity contribution is -0.198. The summed E-state index contributed by atoms with van der Waals surface area (Å²) in [4.78, 5) is 40.0. The zero-order chi connectivity index (χ0) is 16.8. The second kappa shape index (κ2) is 5.60. The Morgan fingerprint density at radius 2 is 1.65 bits per heavy atom. The highest BCUT2D eigenvalue weighted by Crippen LogP contribution is 2.48. The molecule has 1 aromatic rings. The van der Waals surface area contributed by atoms with Gasteiger partial charge in [-0.25, -0.2) is 4.79 Å². The number of carbonyl (C=O) groups is 3. The van der Waals surface area contributed by atoms with E-state index >= 15 is 0 Å². The van der Waals surface area contributed by atoms with Crippen LogP contribution in [0.5, 0.6) is 0 Å². The van der Waals surface area contributed by atoms with Gasteiger partial charge in [0, 0.05) is 12.8 Å². The highest BCUT2D eigenvalue weighted by molar-refractivity contribution is 6.88. The van der Waals surface area contributed by atoms with Gasteiger partial charge in [-0.3, -0.25) is 9.59 Å². The molecule has 1 aliphatic heterocycles. The van der Waals surface area contributed by atoms with Crippen LogP contribution in [-0.2, 0) is 19.2 Å². The lowest BCUT2D eigenvalue weighted by Gasteiger charge is -2.16. The van der Waals surface area contributed by atoms with Crippen molar-refractivity contribution < 1.29 is 19.2 Å². The Morgan fingerprint density at radius 1 is 1.09 bits per heavy atom. The number of carbonyl (C=O) groups excluding carboxylic acids is 3. The van der Waals surface area contributed by atoms with Gasteiger partial charge in [-0.15, -0.1) is 5.06 Å². The molecule has 5 nitrogen and oxygen atoms in total. The average molecular weight is 331 g/mol. The third kappa shape index (κ3) is 3.22. The maximum atomic E-state index is 12.1. The van der Waals surface area contributed by atoms with Crippen LogP contribution in [0, 0.1) is 5.92 Å². The first-order valence-electron chi connectivity index (χ1n) is 7.95. The van der Waals surface area contributed by atoms with Crippen LogP contribution >= 0.6 is 0 Å². The largest absolute Gasteiger partial charge is 0.336 e. The zero-order valence-electron chi connectivity index (χ0n) is 13.7. The van der Waals surface area contributed by atoms with E-state index in [-0.39, 0.29) is 24.7 Å². The summed E-state index contributed by atoms with van der Waals surface area (Å²) < 4.78 is 0. The van der Waals surface area contributed by atoms with Crippen LogP contribution in [-0.4, -0.2) is 30.9 Å². The maximum absolute atomic E-state index is 12.1. The number of hydroxylamine groups is 2. The molecule has 1 aromatic carbocycles. The Bertz CT molecular complexity index is 646. The summed E-state index contributed by atoms with van der Waals surface area (Å²) >= 11 is 0. The fraction of sp³-hybridized carbons (Fsp3) is 0.471. The van der Waals surface area contributed by atoms with Crippen LogP contribution in [0.25, 0.3) is 0 Å². The number of nitrogens with zero attached hydrogens (tertiary/aromatic N) is 1. The fourth-order valence-electron chi connectivity index (χ4n) is 2.87. The van der Waals surface area contributed by atoms with Gasteiger partial charge in [0.05, 0.1) is 14.0 Å². The molecule has 2 aliphatic rings. The molecule has 0 radical (unpaired) electrons. The predicted octanol–water partition coefficient (Wildman–Crippen LogP) is 1.94. The van der Waals surface area contributed by atoms with E-state index in [0.29, 0.717) is 11.5 Å². The van der Waals surface area contributed by atoms with Crippen molar-refractivity contribution in [1.29, 1.82) is 0 Å². The third-order valence-corrected chi connectivity index (χ3v) is 6.55. The third-order valence-electron chi connectivity index (χ3n) is 4.49. The molecule has 2 atom stereocenters. The molecule has 1 aliphatic carbocycles. The average Bonchev–Trinajstić information content (AvgIpc) is 3.24. The number of imide groups is 1. The Hall–Kier alpha value is -1.95. The second-order valence-electron chi connectivity index (χ2n) is 7.31. The van der Waals surface area contributed by atoms with Crippen LogP contribution in [0.1, 0.15) is 30.7 Å². The molecule has 6 heteroatoms. The first-order chi connectivity index (χ1) is 10.8. The molecule has 1 saturated carbocycles. The van der Waals surface area contributed by atoms with Gasteiger partial charge in [-0.1, -0.05) is 49.1 Å². The topological polar surface area (TPSA) is 63.7 Å². The predicted molar refractivity (Wildman–Crippen MR) is 87.4 cm³/mol. The summed E-state index contributed by atoms with van der Waals surface area (Å²) in [6.45, 7) is 6.89.